The van der Waals surface area contributed by atoms with Crippen molar-refractivity contribution in [3.05, 3.63) is 59.7 Å². The maximum Gasteiger partial charge on any atom is 0.261 e. The third-order valence-corrected chi connectivity index (χ3v) is 2.72. The van der Waals surface area contributed by atoms with Crippen LogP contribution in [-0.4, -0.2) is 13.0 Å². The Bertz CT molecular complexity index is 629. The van der Waals surface area contributed by atoms with E-state index < -0.39 is 17.5 Å². The van der Waals surface area contributed by atoms with Gasteiger partial charge in [0, 0.05) is 18.4 Å². The maximum atomic E-state index is 13.6. The molecule has 0 saturated carbocycles. The van der Waals surface area contributed by atoms with Crippen molar-refractivity contribution in [1.29, 1.82) is 0 Å². The molecule has 2 rings (SSSR count). The highest BCUT2D eigenvalue weighted by atomic mass is 19.1. The van der Waals surface area contributed by atoms with Crippen molar-refractivity contribution in [3.8, 4) is 0 Å². The van der Waals surface area contributed by atoms with E-state index in [2.05, 4.69) is 0 Å². The second kappa shape index (κ2) is 5.06. The molecular formula is C14H12F2N2O. The van der Waals surface area contributed by atoms with Gasteiger partial charge in [-0.3, -0.25) is 4.79 Å². The van der Waals surface area contributed by atoms with Crippen LogP contribution in [0.2, 0.25) is 0 Å². The van der Waals surface area contributed by atoms with Crippen LogP contribution in [0, 0.1) is 11.6 Å². The molecule has 0 spiro atoms. The van der Waals surface area contributed by atoms with E-state index in [9.17, 15) is 13.6 Å². The van der Waals surface area contributed by atoms with Crippen LogP contribution in [-0.2, 0) is 0 Å². The van der Waals surface area contributed by atoms with Gasteiger partial charge in [-0.15, -0.1) is 0 Å². The molecule has 0 unspecified atom stereocenters. The van der Waals surface area contributed by atoms with Crippen LogP contribution in [0.15, 0.2) is 42.5 Å². The minimum atomic E-state index is -0.664. The highest BCUT2D eigenvalue weighted by Gasteiger charge is 2.18. The van der Waals surface area contributed by atoms with Crippen molar-refractivity contribution >= 4 is 17.3 Å². The molecule has 0 fully saturated rings. The number of rotatable bonds is 2. The molecule has 0 radical (unpaired) electrons. The van der Waals surface area contributed by atoms with E-state index in [1.165, 1.54) is 42.3 Å². The lowest BCUT2D eigenvalue weighted by molar-refractivity contribution is 0.0989. The second-order valence-electron chi connectivity index (χ2n) is 4.08. The van der Waals surface area contributed by atoms with E-state index >= 15 is 0 Å². The molecule has 2 N–H and O–H groups in total. The second-order valence-corrected chi connectivity index (χ2v) is 4.08. The molecule has 0 aliphatic heterocycles. The van der Waals surface area contributed by atoms with E-state index in [1.807, 2.05) is 0 Å². The van der Waals surface area contributed by atoms with Crippen LogP contribution in [0.3, 0.4) is 0 Å². The van der Waals surface area contributed by atoms with Crippen LogP contribution in [0.5, 0.6) is 0 Å². The molecule has 1 amide bonds. The number of nitrogen functional groups attached to an aromatic ring is 1. The molecule has 2 aromatic carbocycles. The number of anilines is 2. The smallest absolute Gasteiger partial charge is 0.261 e. The minimum absolute atomic E-state index is 0.147. The fourth-order valence-corrected chi connectivity index (χ4v) is 1.69. The Morgan fingerprint density at radius 3 is 2.58 bits per heavy atom. The molecule has 3 nitrogen and oxygen atoms in total. The summed E-state index contributed by atoms with van der Waals surface area (Å²) in [5, 5.41) is 0. The Hall–Kier alpha value is -2.43. The first-order valence-corrected chi connectivity index (χ1v) is 5.57. The third kappa shape index (κ3) is 2.70. The van der Waals surface area contributed by atoms with Crippen LogP contribution in [0.4, 0.5) is 20.2 Å². The van der Waals surface area contributed by atoms with Gasteiger partial charge in [0.2, 0.25) is 0 Å². The number of nitrogens with zero attached hydrogens (tertiary/aromatic N) is 1. The van der Waals surface area contributed by atoms with Crippen LogP contribution in [0.25, 0.3) is 0 Å². The van der Waals surface area contributed by atoms with Gasteiger partial charge in [-0.2, -0.15) is 0 Å². The number of hydrogen-bond acceptors (Lipinski definition) is 2. The Labute approximate surface area is 109 Å². The quantitative estimate of drug-likeness (QED) is 0.846. The molecule has 0 heterocycles. The molecule has 0 saturated heterocycles. The van der Waals surface area contributed by atoms with E-state index in [0.29, 0.717) is 5.69 Å². The Morgan fingerprint density at radius 1 is 1.16 bits per heavy atom. The van der Waals surface area contributed by atoms with Crippen LogP contribution in [0.1, 0.15) is 10.4 Å². The summed E-state index contributed by atoms with van der Waals surface area (Å²) >= 11 is 0. The summed E-state index contributed by atoms with van der Waals surface area (Å²) < 4.78 is 26.7. The van der Waals surface area contributed by atoms with Crippen molar-refractivity contribution in [2.24, 2.45) is 0 Å². The molecule has 0 atom stereocenters. The fourth-order valence-electron chi connectivity index (χ4n) is 1.69. The van der Waals surface area contributed by atoms with E-state index in [1.54, 1.807) is 6.07 Å². The summed E-state index contributed by atoms with van der Waals surface area (Å²) in [4.78, 5) is 13.3. The standard InChI is InChI=1S/C14H12F2N2O/c1-18(11-4-2-3-9(15)7-11)14(19)12-8-10(17)5-6-13(12)16/h2-8H,17H2,1H3. The summed E-state index contributed by atoms with van der Waals surface area (Å²) in [6, 6.07) is 9.25. The number of halogens is 2. The number of hydrogen-bond donors (Lipinski definition) is 1. The van der Waals surface area contributed by atoms with Gasteiger partial charge in [0.15, 0.2) is 0 Å². The first-order valence-electron chi connectivity index (χ1n) is 5.57. The molecule has 0 aromatic heterocycles. The minimum Gasteiger partial charge on any atom is -0.399 e. The third-order valence-electron chi connectivity index (χ3n) is 2.72. The average Bonchev–Trinajstić information content (AvgIpc) is 2.40. The largest absolute Gasteiger partial charge is 0.399 e. The Kier molecular flexibility index (Phi) is 3.46. The average molecular weight is 262 g/mol. The molecule has 5 heteroatoms. The van der Waals surface area contributed by atoms with E-state index in [0.717, 1.165) is 6.07 Å². The van der Waals surface area contributed by atoms with Gasteiger partial charge >= 0.3 is 0 Å². The summed E-state index contributed by atoms with van der Waals surface area (Å²) in [5.74, 6) is -1.72. The van der Waals surface area contributed by atoms with Gasteiger partial charge in [0.1, 0.15) is 11.6 Å². The SMILES string of the molecule is CN(C(=O)c1cc(N)ccc1F)c1cccc(F)c1. The molecule has 98 valence electrons. The topological polar surface area (TPSA) is 46.3 Å². The molecule has 19 heavy (non-hydrogen) atoms. The zero-order valence-electron chi connectivity index (χ0n) is 10.2. The number of benzene rings is 2. The van der Waals surface area contributed by atoms with E-state index in [4.69, 9.17) is 5.73 Å². The lowest BCUT2D eigenvalue weighted by Crippen LogP contribution is -2.27. The van der Waals surface area contributed by atoms with Crippen molar-refractivity contribution in [3.63, 3.8) is 0 Å². The Balaban J connectivity index is 2.36. The van der Waals surface area contributed by atoms with Gasteiger partial charge in [0.25, 0.3) is 5.91 Å². The van der Waals surface area contributed by atoms with Crippen LogP contribution < -0.4 is 10.6 Å². The predicted molar refractivity (Wildman–Crippen MR) is 69.9 cm³/mol. The first-order chi connectivity index (χ1) is 8.99. The van der Waals surface area contributed by atoms with Gasteiger partial charge in [-0.05, 0) is 36.4 Å². The summed E-state index contributed by atoms with van der Waals surface area (Å²) in [5.41, 5.74) is 6.01. The maximum absolute atomic E-state index is 13.6. The monoisotopic (exact) mass is 262 g/mol. The summed E-state index contributed by atoms with van der Waals surface area (Å²) in [7, 11) is 1.44. The molecular weight excluding hydrogens is 250 g/mol. The lowest BCUT2D eigenvalue weighted by Gasteiger charge is -2.18. The van der Waals surface area contributed by atoms with Gasteiger partial charge < -0.3 is 10.6 Å². The fraction of sp³-hybridized carbons (Fsp3) is 0.0714. The summed E-state index contributed by atoms with van der Waals surface area (Å²) in [6.45, 7) is 0. The molecule has 0 bridgehead atoms. The lowest BCUT2D eigenvalue weighted by atomic mass is 10.1. The Morgan fingerprint density at radius 2 is 1.89 bits per heavy atom. The number of carbonyl (C=O) groups excluding carboxylic acids is 1. The van der Waals surface area contributed by atoms with Crippen molar-refractivity contribution in [2.75, 3.05) is 17.7 Å². The number of amides is 1. The predicted octanol–water partition coefficient (Wildman–Crippen LogP) is 2.82. The zero-order valence-corrected chi connectivity index (χ0v) is 10.2. The van der Waals surface area contributed by atoms with Gasteiger partial charge in [-0.1, -0.05) is 6.07 Å². The highest BCUT2D eigenvalue weighted by Crippen LogP contribution is 2.19. The summed E-state index contributed by atoms with van der Waals surface area (Å²) in [6.07, 6.45) is 0. The zero-order chi connectivity index (χ0) is 14.0. The van der Waals surface area contributed by atoms with Crippen molar-refractivity contribution in [1.82, 2.24) is 0 Å². The highest BCUT2D eigenvalue weighted by molar-refractivity contribution is 6.06. The van der Waals surface area contributed by atoms with E-state index in [-0.39, 0.29) is 11.3 Å². The first kappa shape index (κ1) is 13.0. The normalized spacial score (nSPS) is 10.3. The molecule has 0 aliphatic carbocycles. The van der Waals surface area contributed by atoms with Crippen molar-refractivity contribution in [2.45, 2.75) is 0 Å². The van der Waals surface area contributed by atoms with Crippen molar-refractivity contribution < 1.29 is 13.6 Å². The number of carbonyl (C=O) groups is 1. The van der Waals surface area contributed by atoms with Gasteiger partial charge in [0.05, 0.1) is 5.56 Å². The van der Waals surface area contributed by atoms with Crippen LogP contribution >= 0.6 is 0 Å². The number of nitrogens with two attached hydrogens (primary N) is 1. The molecule has 2 aromatic rings. The van der Waals surface area contributed by atoms with Gasteiger partial charge in [-0.25, -0.2) is 8.78 Å². The molecule has 0 aliphatic rings.